The molecule has 2 nitrogen and oxygen atoms in total. The molecule has 0 aromatic heterocycles. The lowest BCUT2D eigenvalue weighted by Gasteiger charge is -2.07. The second-order valence-corrected chi connectivity index (χ2v) is 3.32. The van der Waals surface area contributed by atoms with E-state index in [9.17, 15) is 4.79 Å². The zero-order valence-corrected chi connectivity index (χ0v) is 9.14. The highest BCUT2D eigenvalue weighted by atomic mass is 16.5. The normalized spacial score (nSPS) is 12.7. The van der Waals surface area contributed by atoms with Gasteiger partial charge in [-0.1, -0.05) is 43.3 Å². The van der Waals surface area contributed by atoms with E-state index in [0.29, 0.717) is 6.42 Å². The van der Waals surface area contributed by atoms with Gasteiger partial charge in [-0.25, -0.2) is 0 Å². The Hall–Kier alpha value is -1.57. The Morgan fingerprint density at radius 2 is 2.07 bits per heavy atom. The number of carbonyl (C=O) groups excluding carboxylic acids is 1. The molecule has 0 unspecified atom stereocenters. The maximum absolute atomic E-state index is 11.0. The van der Waals surface area contributed by atoms with Crippen LogP contribution in [0.2, 0.25) is 0 Å². The molecule has 1 aromatic rings. The van der Waals surface area contributed by atoms with Crippen molar-refractivity contribution in [2.24, 2.45) is 0 Å². The van der Waals surface area contributed by atoms with Gasteiger partial charge in [-0.3, -0.25) is 4.79 Å². The summed E-state index contributed by atoms with van der Waals surface area (Å²) in [6.07, 6.45) is 4.08. The van der Waals surface area contributed by atoms with Crippen LogP contribution >= 0.6 is 0 Å². The molecule has 0 aliphatic heterocycles. The van der Waals surface area contributed by atoms with Gasteiger partial charge in [0.2, 0.25) is 0 Å². The summed E-state index contributed by atoms with van der Waals surface area (Å²) in [5.74, 6) is -0.166. The zero-order valence-electron chi connectivity index (χ0n) is 9.14. The lowest BCUT2D eigenvalue weighted by molar-refractivity contribution is -0.145. The van der Waals surface area contributed by atoms with Crippen LogP contribution in [-0.4, -0.2) is 12.1 Å². The Balaban J connectivity index is 2.47. The van der Waals surface area contributed by atoms with Crippen LogP contribution in [-0.2, 0) is 9.53 Å². The average molecular weight is 204 g/mol. The van der Waals surface area contributed by atoms with Gasteiger partial charge < -0.3 is 4.74 Å². The molecule has 1 rings (SSSR count). The van der Waals surface area contributed by atoms with E-state index in [0.717, 1.165) is 5.56 Å². The minimum atomic E-state index is -0.169. The molecule has 0 aliphatic carbocycles. The summed E-state index contributed by atoms with van der Waals surface area (Å²) in [6, 6.07) is 9.93. The highest BCUT2D eigenvalue weighted by Gasteiger charge is 2.02. The van der Waals surface area contributed by atoms with Gasteiger partial charge in [-0.2, -0.15) is 0 Å². The van der Waals surface area contributed by atoms with Crippen molar-refractivity contribution in [3.8, 4) is 0 Å². The van der Waals surface area contributed by atoms with E-state index in [-0.39, 0.29) is 12.1 Å². The first-order valence-corrected chi connectivity index (χ1v) is 5.15. The first-order valence-electron chi connectivity index (χ1n) is 5.15. The van der Waals surface area contributed by atoms with Crippen LogP contribution in [0.5, 0.6) is 0 Å². The van der Waals surface area contributed by atoms with Gasteiger partial charge in [0.25, 0.3) is 0 Å². The number of esters is 1. The molecule has 0 spiro atoms. The SMILES string of the molecule is CCC(=O)O[C@H](C)/C=C/c1ccccc1. The van der Waals surface area contributed by atoms with E-state index in [1.54, 1.807) is 6.92 Å². The molecule has 0 saturated carbocycles. The standard InChI is InChI=1S/C13H16O2/c1-3-13(14)15-11(2)9-10-12-7-5-4-6-8-12/h4-11H,3H2,1-2H3/b10-9+/t11-/m1/s1. The minimum absolute atomic E-state index is 0.166. The summed E-state index contributed by atoms with van der Waals surface area (Å²) in [4.78, 5) is 11.0. The summed E-state index contributed by atoms with van der Waals surface area (Å²) < 4.78 is 5.10. The molecule has 80 valence electrons. The van der Waals surface area contributed by atoms with Crippen LogP contribution in [0.25, 0.3) is 6.08 Å². The molecule has 0 amide bonds. The van der Waals surface area contributed by atoms with Crippen molar-refractivity contribution in [3.05, 3.63) is 42.0 Å². The number of hydrogen-bond acceptors (Lipinski definition) is 2. The third kappa shape index (κ3) is 4.45. The van der Waals surface area contributed by atoms with Crippen molar-refractivity contribution in [1.29, 1.82) is 0 Å². The van der Waals surface area contributed by atoms with Gasteiger partial charge in [0.1, 0.15) is 6.10 Å². The van der Waals surface area contributed by atoms with Crippen molar-refractivity contribution in [1.82, 2.24) is 0 Å². The predicted molar refractivity (Wildman–Crippen MR) is 61.3 cm³/mol. The molecule has 0 bridgehead atoms. The molecule has 1 aromatic carbocycles. The zero-order chi connectivity index (χ0) is 11.1. The number of hydrogen-bond donors (Lipinski definition) is 0. The van der Waals surface area contributed by atoms with Gasteiger partial charge in [0.05, 0.1) is 0 Å². The average Bonchev–Trinajstić information content (AvgIpc) is 2.27. The molecule has 2 heteroatoms. The lowest BCUT2D eigenvalue weighted by Crippen LogP contribution is -2.10. The summed E-state index contributed by atoms with van der Waals surface area (Å²) in [5, 5.41) is 0. The van der Waals surface area contributed by atoms with E-state index in [1.807, 2.05) is 49.4 Å². The summed E-state index contributed by atoms with van der Waals surface area (Å²) in [6.45, 7) is 3.64. The fourth-order valence-corrected chi connectivity index (χ4v) is 1.14. The van der Waals surface area contributed by atoms with E-state index in [1.165, 1.54) is 0 Å². The van der Waals surface area contributed by atoms with E-state index in [2.05, 4.69) is 0 Å². The molecule has 1 atom stereocenters. The maximum Gasteiger partial charge on any atom is 0.306 e. The van der Waals surface area contributed by atoms with Crippen molar-refractivity contribution in [2.45, 2.75) is 26.4 Å². The van der Waals surface area contributed by atoms with Crippen LogP contribution in [0.1, 0.15) is 25.8 Å². The van der Waals surface area contributed by atoms with E-state index < -0.39 is 0 Å². The van der Waals surface area contributed by atoms with Crippen LogP contribution < -0.4 is 0 Å². The van der Waals surface area contributed by atoms with Gasteiger partial charge >= 0.3 is 5.97 Å². The molecule has 0 fully saturated rings. The second-order valence-electron chi connectivity index (χ2n) is 3.32. The van der Waals surface area contributed by atoms with Gasteiger partial charge in [-0.15, -0.1) is 0 Å². The number of carbonyl (C=O) groups is 1. The number of rotatable bonds is 4. The monoisotopic (exact) mass is 204 g/mol. The molecule has 0 radical (unpaired) electrons. The first kappa shape index (κ1) is 11.5. The van der Waals surface area contributed by atoms with Gasteiger partial charge in [-0.05, 0) is 18.6 Å². The Kier molecular flexibility index (Phi) is 4.61. The second kappa shape index (κ2) is 6.02. The van der Waals surface area contributed by atoms with Crippen molar-refractivity contribution < 1.29 is 9.53 Å². The lowest BCUT2D eigenvalue weighted by atomic mass is 10.2. The maximum atomic E-state index is 11.0. The third-order valence-corrected chi connectivity index (χ3v) is 1.97. The minimum Gasteiger partial charge on any atom is -0.458 e. The van der Waals surface area contributed by atoms with Gasteiger partial charge in [0, 0.05) is 6.42 Å². The van der Waals surface area contributed by atoms with Crippen molar-refractivity contribution >= 4 is 12.0 Å². The molecular formula is C13H16O2. The quantitative estimate of drug-likeness (QED) is 0.705. The van der Waals surface area contributed by atoms with E-state index >= 15 is 0 Å². The Morgan fingerprint density at radius 1 is 1.40 bits per heavy atom. The summed E-state index contributed by atoms with van der Waals surface area (Å²) in [7, 11) is 0. The van der Waals surface area contributed by atoms with Crippen LogP contribution in [0, 0.1) is 0 Å². The summed E-state index contributed by atoms with van der Waals surface area (Å²) in [5.41, 5.74) is 1.11. The van der Waals surface area contributed by atoms with Crippen LogP contribution in [0.15, 0.2) is 36.4 Å². The molecule has 15 heavy (non-hydrogen) atoms. The Morgan fingerprint density at radius 3 is 2.67 bits per heavy atom. The number of ether oxygens (including phenoxy) is 1. The van der Waals surface area contributed by atoms with Crippen molar-refractivity contribution in [3.63, 3.8) is 0 Å². The van der Waals surface area contributed by atoms with Crippen LogP contribution in [0.4, 0.5) is 0 Å². The molecule has 0 aliphatic rings. The Bertz CT molecular complexity index is 328. The largest absolute Gasteiger partial charge is 0.458 e. The van der Waals surface area contributed by atoms with Crippen molar-refractivity contribution in [2.75, 3.05) is 0 Å². The first-order chi connectivity index (χ1) is 7.22. The molecule has 0 N–H and O–H groups in total. The third-order valence-electron chi connectivity index (χ3n) is 1.97. The smallest absolute Gasteiger partial charge is 0.306 e. The fourth-order valence-electron chi connectivity index (χ4n) is 1.14. The van der Waals surface area contributed by atoms with Gasteiger partial charge in [0.15, 0.2) is 0 Å². The fraction of sp³-hybridized carbons (Fsp3) is 0.308. The highest BCUT2D eigenvalue weighted by molar-refractivity contribution is 5.69. The molecule has 0 saturated heterocycles. The number of benzene rings is 1. The highest BCUT2D eigenvalue weighted by Crippen LogP contribution is 2.04. The molecular weight excluding hydrogens is 188 g/mol. The predicted octanol–water partition coefficient (Wildman–Crippen LogP) is 3.04. The van der Waals surface area contributed by atoms with Crippen LogP contribution in [0.3, 0.4) is 0 Å². The molecule has 0 heterocycles. The van der Waals surface area contributed by atoms with E-state index in [4.69, 9.17) is 4.74 Å². The summed E-state index contributed by atoms with van der Waals surface area (Å²) >= 11 is 0. The topological polar surface area (TPSA) is 26.3 Å². The Labute approximate surface area is 90.6 Å².